The molecule has 4 heteroatoms. The molecule has 0 saturated heterocycles. The second-order valence-electron chi connectivity index (χ2n) is 6.03. The molecule has 0 saturated carbocycles. The summed E-state index contributed by atoms with van der Waals surface area (Å²) in [7, 11) is 1.53. The van der Waals surface area contributed by atoms with E-state index in [1.54, 1.807) is 12.1 Å². The Bertz CT molecular complexity index is 1160. The van der Waals surface area contributed by atoms with Crippen LogP contribution in [-0.2, 0) is 0 Å². The van der Waals surface area contributed by atoms with Gasteiger partial charge >= 0.3 is 5.97 Å². The van der Waals surface area contributed by atoms with Crippen molar-refractivity contribution in [2.24, 2.45) is 0 Å². The first-order chi connectivity index (χ1) is 12.6. The molecule has 0 amide bonds. The fourth-order valence-corrected chi connectivity index (χ4v) is 3.44. The molecule has 0 spiro atoms. The normalized spacial score (nSPS) is 11.0. The molecule has 0 aliphatic heterocycles. The molecule has 0 aromatic heterocycles. The lowest BCUT2D eigenvalue weighted by Gasteiger charge is -2.16. The minimum atomic E-state index is -1.06. The molecule has 4 nitrogen and oxygen atoms in total. The zero-order chi connectivity index (χ0) is 18.3. The van der Waals surface area contributed by atoms with E-state index in [0.29, 0.717) is 22.3 Å². The lowest BCUT2D eigenvalue weighted by Crippen LogP contribution is -2.01. The van der Waals surface area contributed by atoms with Crippen molar-refractivity contribution in [2.45, 2.75) is 0 Å². The first kappa shape index (κ1) is 16.0. The monoisotopic (exact) mass is 344 g/mol. The van der Waals surface area contributed by atoms with Crippen molar-refractivity contribution in [3.63, 3.8) is 0 Å². The fourth-order valence-electron chi connectivity index (χ4n) is 3.44. The molecule has 4 rings (SSSR count). The van der Waals surface area contributed by atoms with E-state index in [1.165, 1.54) is 13.2 Å². The van der Waals surface area contributed by atoms with E-state index in [2.05, 4.69) is 0 Å². The van der Waals surface area contributed by atoms with Crippen molar-refractivity contribution in [3.05, 3.63) is 72.3 Å². The first-order valence-corrected chi connectivity index (χ1v) is 8.16. The summed E-state index contributed by atoms with van der Waals surface area (Å²) in [5.74, 6) is -0.462. The third-order valence-electron chi connectivity index (χ3n) is 4.63. The van der Waals surface area contributed by atoms with Gasteiger partial charge in [0.15, 0.2) is 0 Å². The first-order valence-electron chi connectivity index (χ1n) is 8.16. The Labute approximate surface area is 149 Å². The van der Waals surface area contributed by atoms with E-state index in [-0.39, 0.29) is 11.3 Å². The van der Waals surface area contributed by atoms with Gasteiger partial charge in [0.1, 0.15) is 11.5 Å². The second-order valence-corrected chi connectivity index (χ2v) is 6.03. The minimum Gasteiger partial charge on any atom is -0.507 e. The number of methoxy groups -OCH3 is 1. The van der Waals surface area contributed by atoms with Gasteiger partial charge in [0.05, 0.1) is 12.7 Å². The Morgan fingerprint density at radius 2 is 1.42 bits per heavy atom. The quantitative estimate of drug-likeness (QED) is 0.509. The maximum absolute atomic E-state index is 11.8. The van der Waals surface area contributed by atoms with Gasteiger partial charge in [-0.3, -0.25) is 0 Å². The summed E-state index contributed by atoms with van der Waals surface area (Å²) in [5.41, 5.74) is 1.04. The van der Waals surface area contributed by atoms with Crippen LogP contribution < -0.4 is 4.74 Å². The van der Waals surface area contributed by atoms with Gasteiger partial charge in [-0.05, 0) is 34.4 Å². The number of carboxylic acids is 1. The predicted molar refractivity (Wildman–Crippen MR) is 102 cm³/mol. The average molecular weight is 344 g/mol. The van der Waals surface area contributed by atoms with Gasteiger partial charge in [0.2, 0.25) is 0 Å². The molecule has 26 heavy (non-hydrogen) atoms. The van der Waals surface area contributed by atoms with Crippen molar-refractivity contribution in [1.29, 1.82) is 0 Å². The molecule has 0 aliphatic rings. The van der Waals surface area contributed by atoms with Crippen LogP contribution >= 0.6 is 0 Å². The molecule has 0 atom stereocenters. The zero-order valence-corrected chi connectivity index (χ0v) is 14.1. The predicted octanol–water partition coefficient (Wildman–Crippen LogP) is 5.07. The summed E-state index contributed by atoms with van der Waals surface area (Å²) in [4.78, 5) is 11.8. The van der Waals surface area contributed by atoms with Crippen molar-refractivity contribution in [1.82, 2.24) is 0 Å². The van der Waals surface area contributed by atoms with Crippen LogP contribution in [-0.4, -0.2) is 23.3 Å². The van der Waals surface area contributed by atoms with Gasteiger partial charge in [-0.25, -0.2) is 4.79 Å². The van der Waals surface area contributed by atoms with Gasteiger partial charge in [0.25, 0.3) is 0 Å². The van der Waals surface area contributed by atoms with Crippen LogP contribution in [0, 0.1) is 0 Å². The van der Waals surface area contributed by atoms with Gasteiger partial charge in [-0.2, -0.15) is 0 Å². The van der Waals surface area contributed by atoms with Crippen molar-refractivity contribution in [2.75, 3.05) is 7.11 Å². The Morgan fingerprint density at radius 1 is 0.846 bits per heavy atom. The highest BCUT2D eigenvalue weighted by atomic mass is 16.5. The lowest BCUT2D eigenvalue weighted by molar-refractivity contribution is 0.0697. The molecular formula is C22H16O4. The van der Waals surface area contributed by atoms with Crippen molar-refractivity contribution < 1.29 is 19.7 Å². The Kier molecular flexibility index (Phi) is 3.73. The topological polar surface area (TPSA) is 66.8 Å². The molecule has 0 radical (unpaired) electrons. The lowest BCUT2D eigenvalue weighted by atomic mass is 9.90. The number of phenolic OH excluding ortho intramolecular Hbond substituents is 1. The second kappa shape index (κ2) is 6.08. The highest BCUT2D eigenvalue weighted by Crippen LogP contribution is 2.44. The summed E-state index contributed by atoms with van der Waals surface area (Å²) >= 11 is 0. The summed E-state index contributed by atoms with van der Waals surface area (Å²) in [6, 6.07) is 20.0. The summed E-state index contributed by atoms with van der Waals surface area (Å²) < 4.78 is 5.28. The number of carboxylic acid groups (broad SMARTS) is 1. The van der Waals surface area contributed by atoms with E-state index in [4.69, 9.17) is 4.74 Å². The zero-order valence-electron chi connectivity index (χ0n) is 14.1. The molecule has 0 heterocycles. The van der Waals surface area contributed by atoms with Crippen LogP contribution in [0.1, 0.15) is 10.4 Å². The number of hydrogen-bond acceptors (Lipinski definition) is 3. The molecule has 0 aliphatic carbocycles. The highest BCUT2D eigenvalue weighted by molar-refractivity contribution is 6.18. The SMILES string of the molecule is COc1ccc(C(=O)O)c(-c2c(O)c3ccccc3c3ccccc23)c1. The molecule has 0 fully saturated rings. The Balaban J connectivity index is 2.22. The van der Waals surface area contributed by atoms with Crippen LogP contribution in [0.5, 0.6) is 11.5 Å². The molecule has 4 aromatic rings. The maximum atomic E-state index is 11.8. The number of carbonyl (C=O) groups is 1. The van der Waals surface area contributed by atoms with E-state index in [0.717, 1.165) is 16.2 Å². The van der Waals surface area contributed by atoms with E-state index in [1.807, 2.05) is 48.5 Å². The highest BCUT2D eigenvalue weighted by Gasteiger charge is 2.20. The van der Waals surface area contributed by atoms with E-state index in [9.17, 15) is 15.0 Å². The molecule has 128 valence electrons. The summed E-state index contributed by atoms with van der Waals surface area (Å²) in [6.07, 6.45) is 0. The number of aromatic carboxylic acids is 1. The fraction of sp³-hybridized carbons (Fsp3) is 0.0455. The largest absolute Gasteiger partial charge is 0.507 e. The van der Waals surface area contributed by atoms with Crippen molar-refractivity contribution >= 4 is 27.5 Å². The van der Waals surface area contributed by atoms with E-state index < -0.39 is 5.97 Å². The number of benzene rings is 4. The van der Waals surface area contributed by atoms with Gasteiger partial charge in [-0.15, -0.1) is 0 Å². The van der Waals surface area contributed by atoms with E-state index >= 15 is 0 Å². The average Bonchev–Trinajstić information content (AvgIpc) is 2.68. The third kappa shape index (κ3) is 2.35. The number of hydrogen-bond donors (Lipinski definition) is 2. The molecule has 0 unspecified atom stereocenters. The molecule has 0 bridgehead atoms. The summed E-state index contributed by atoms with van der Waals surface area (Å²) in [5, 5.41) is 24.0. The van der Waals surface area contributed by atoms with Crippen LogP contribution in [0.15, 0.2) is 66.7 Å². The van der Waals surface area contributed by atoms with Crippen molar-refractivity contribution in [3.8, 4) is 22.6 Å². The summed E-state index contributed by atoms with van der Waals surface area (Å²) in [6.45, 7) is 0. The molecule has 4 aromatic carbocycles. The number of rotatable bonds is 3. The number of fused-ring (bicyclic) bond motifs is 3. The van der Waals surface area contributed by atoms with Crippen LogP contribution in [0.4, 0.5) is 0 Å². The van der Waals surface area contributed by atoms with Crippen LogP contribution in [0.3, 0.4) is 0 Å². The number of aromatic hydroxyl groups is 1. The smallest absolute Gasteiger partial charge is 0.336 e. The molecular weight excluding hydrogens is 328 g/mol. The van der Waals surface area contributed by atoms with Gasteiger partial charge < -0.3 is 14.9 Å². The standard InChI is InChI=1S/C22H16O4/c1-26-13-10-11-18(22(24)25)19(12-13)20-16-8-4-2-6-14(16)15-7-3-5-9-17(15)21(20)23/h2-12,23H,1H3,(H,24,25). The Hall–Kier alpha value is -3.53. The van der Waals surface area contributed by atoms with Crippen LogP contribution in [0.25, 0.3) is 32.7 Å². The third-order valence-corrected chi connectivity index (χ3v) is 4.63. The van der Waals surface area contributed by atoms with Gasteiger partial charge in [-0.1, -0.05) is 48.5 Å². The van der Waals surface area contributed by atoms with Crippen LogP contribution in [0.2, 0.25) is 0 Å². The number of ether oxygens (including phenoxy) is 1. The maximum Gasteiger partial charge on any atom is 0.336 e. The number of phenols is 1. The Morgan fingerprint density at radius 3 is 2.04 bits per heavy atom. The molecule has 2 N–H and O–H groups in total. The minimum absolute atomic E-state index is 0.0649. The van der Waals surface area contributed by atoms with Gasteiger partial charge in [0, 0.05) is 16.5 Å².